The van der Waals surface area contributed by atoms with Gasteiger partial charge in [0.2, 0.25) is 0 Å². The molecular weight excluding hydrogens is 250 g/mol. The van der Waals surface area contributed by atoms with Crippen molar-refractivity contribution in [1.82, 2.24) is 10.3 Å². The van der Waals surface area contributed by atoms with E-state index in [4.69, 9.17) is 5.73 Å². The highest BCUT2D eigenvalue weighted by molar-refractivity contribution is 5.98. The second kappa shape index (κ2) is 5.67. The van der Waals surface area contributed by atoms with E-state index in [9.17, 15) is 4.79 Å². The number of aromatic nitrogens is 1. The molecule has 4 nitrogen and oxygen atoms in total. The van der Waals surface area contributed by atoms with Gasteiger partial charge in [0, 0.05) is 34.7 Å². The molecule has 1 aromatic heterocycles. The van der Waals surface area contributed by atoms with Gasteiger partial charge in [-0.2, -0.15) is 0 Å². The van der Waals surface area contributed by atoms with Crippen molar-refractivity contribution in [3.05, 3.63) is 36.0 Å². The molecule has 0 saturated heterocycles. The largest absolute Gasteiger partial charge is 0.361 e. The van der Waals surface area contributed by atoms with Crippen molar-refractivity contribution < 1.29 is 4.79 Å². The molecule has 1 aromatic carbocycles. The summed E-state index contributed by atoms with van der Waals surface area (Å²) in [6, 6.07) is 7.88. The van der Waals surface area contributed by atoms with Crippen molar-refractivity contribution >= 4 is 16.8 Å². The molecule has 3 rings (SSSR count). The number of carbonyl (C=O) groups is 1. The number of rotatable bonds is 2. The lowest BCUT2D eigenvalue weighted by Gasteiger charge is -2.22. The van der Waals surface area contributed by atoms with E-state index in [0.29, 0.717) is 5.56 Å². The van der Waals surface area contributed by atoms with E-state index in [2.05, 4.69) is 10.3 Å². The highest BCUT2D eigenvalue weighted by Crippen LogP contribution is 2.18. The van der Waals surface area contributed by atoms with Gasteiger partial charge in [-0.1, -0.05) is 19.3 Å². The predicted molar refractivity (Wildman–Crippen MR) is 80.6 cm³/mol. The van der Waals surface area contributed by atoms with Crippen LogP contribution >= 0.6 is 0 Å². The Hall–Kier alpha value is -1.81. The number of aromatic amines is 1. The molecule has 1 heterocycles. The number of fused-ring (bicyclic) bond motifs is 1. The summed E-state index contributed by atoms with van der Waals surface area (Å²) in [5, 5.41) is 4.17. The van der Waals surface area contributed by atoms with E-state index in [-0.39, 0.29) is 18.0 Å². The fraction of sp³-hybridized carbons (Fsp3) is 0.438. The number of hydrogen-bond donors (Lipinski definition) is 3. The Kier molecular flexibility index (Phi) is 3.74. The van der Waals surface area contributed by atoms with Crippen LogP contribution in [-0.2, 0) is 0 Å². The first-order valence-electron chi connectivity index (χ1n) is 7.37. The number of carbonyl (C=O) groups excluding carboxylic acids is 1. The Bertz CT molecular complexity index is 605. The zero-order chi connectivity index (χ0) is 13.9. The fourth-order valence-electron chi connectivity index (χ4n) is 2.96. The Balaban J connectivity index is 1.74. The molecule has 1 aliphatic carbocycles. The highest BCUT2D eigenvalue weighted by Gasteiger charge is 2.22. The van der Waals surface area contributed by atoms with Gasteiger partial charge in [-0.25, -0.2) is 0 Å². The molecule has 1 aliphatic rings. The summed E-state index contributed by atoms with van der Waals surface area (Å²) in [5.74, 6) is -0.0181. The smallest absolute Gasteiger partial charge is 0.251 e. The van der Waals surface area contributed by atoms with Gasteiger partial charge in [-0.05, 0) is 37.1 Å². The van der Waals surface area contributed by atoms with E-state index >= 15 is 0 Å². The molecule has 0 spiro atoms. The molecule has 2 atom stereocenters. The molecule has 106 valence electrons. The number of amides is 1. The van der Waals surface area contributed by atoms with Gasteiger partial charge in [-0.15, -0.1) is 0 Å². The van der Waals surface area contributed by atoms with Crippen molar-refractivity contribution in [1.29, 1.82) is 0 Å². The molecule has 1 amide bonds. The van der Waals surface area contributed by atoms with Crippen LogP contribution in [0.5, 0.6) is 0 Å². The molecule has 20 heavy (non-hydrogen) atoms. The second-order valence-corrected chi connectivity index (χ2v) is 5.66. The predicted octanol–water partition coefficient (Wildman–Crippen LogP) is 2.56. The molecule has 4 heteroatoms. The van der Waals surface area contributed by atoms with Crippen molar-refractivity contribution in [3.8, 4) is 0 Å². The lowest BCUT2D eigenvalue weighted by Crippen LogP contribution is -2.46. The first kappa shape index (κ1) is 13.2. The third kappa shape index (κ3) is 2.70. The second-order valence-electron chi connectivity index (χ2n) is 5.66. The zero-order valence-electron chi connectivity index (χ0n) is 11.6. The number of nitrogens with two attached hydrogens (primary N) is 1. The van der Waals surface area contributed by atoms with Crippen LogP contribution in [0.2, 0.25) is 0 Å². The van der Waals surface area contributed by atoms with Crippen molar-refractivity contribution in [3.63, 3.8) is 0 Å². The average Bonchev–Trinajstić information content (AvgIpc) is 2.83. The van der Waals surface area contributed by atoms with Crippen LogP contribution in [-0.4, -0.2) is 23.0 Å². The van der Waals surface area contributed by atoms with Crippen LogP contribution in [0.15, 0.2) is 30.5 Å². The van der Waals surface area contributed by atoms with Gasteiger partial charge in [0.1, 0.15) is 0 Å². The van der Waals surface area contributed by atoms with Crippen molar-refractivity contribution in [2.45, 2.75) is 44.2 Å². The molecule has 2 aromatic rings. The number of hydrogen-bond acceptors (Lipinski definition) is 2. The summed E-state index contributed by atoms with van der Waals surface area (Å²) >= 11 is 0. The SMILES string of the molecule is NC1CCCCCC1NC(=O)c1ccc2[nH]ccc2c1. The third-order valence-electron chi connectivity index (χ3n) is 4.20. The fourth-order valence-corrected chi connectivity index (χ4v) is 2.96. The Morgan fingerprint density at radius 3 is 2.95 bits per heavy atom. The first-order valence-corrected chi connectivity index (χ1v) is 7.37. The Morgan fingerprint density at radius 2 is 2.05 bits per heavy atom. The van der Waals surface area contributed by atoms with Crippen LogP contribution in [0.4, 0.5) is 0 Å². The summed E-state index contributed by atoms with van der Waals surface area (Å²) in [7, 11) is 0. The van der Waals surface area contributed by atoms with Crippen molar-refractivity contribution in [2.75, 3.05) is 0 Å². The molecule has 4 N–H and O–H groups in total. The quantitative estimate of drug-likeness (QED) is 0.735. The third-order valence-corrected chi connectivity index (χ3v) is 4.20. The van der Waals surface area contributed by atoms with Crippen LogP contribution in [0, 0.1) is 0 Å². The standard InChI is InChI=1S/C16H21N3O/c17-13-4-2-1-3-5-15(13)19-16(20)12-6-7-14-11(10-12)8-9-18-14/h6-10,13,15,18H,1-5,17H2,(H,19,20). The van der Waals surface area contributed by atoms with Crippen LogP contribution in [0.25, 0.3) is 10.9 Å². The van der Waals surface area contributed by atoms with Crippen LogP contribution < -0.4 is 11.1 Å². The zero-order valence-corrected chi connectivity index (χ0v) is 11.6. The number of benzene rings is 1. The van der Waals surface area contributed by atoms with Gasteiger partial charge < -0.3 is 16.0 Å². The van der Waals surface area contributed by atoms with Gasteiger partial charge in [0.15, 0.2) is 0 Å². The van der Waals surface area contributed by atoms with E-state index < -0.39 is 0 Å². The summed E-state index contributed by atoms with van der Waals surface area (Å²) in [6.45, 7) is 0. The van der Waals surface area contributed by atoms with Gasteiger partial charge in [-0.3, -0.25) is 4.79 Å². The molecule has 0 bridgehead atoms. The molecule has 1 fully saturated rings. The monoisotopic (exact) mass is 271 g/mol. The van der Waals surface area contributed by atoms with Crippen molar-refractivity contribution in [2.24, 2.45) is 5.73 Å². The minimum atomic E-state index is -0.0181. The van der Waals surface area contributed by atoms with E-state index in [0.717, 1.165) is 30.2 Å². The maximum Gasteiger partial charge on any atom is 0.251 e. The summed E-state index contributed by atoms with van der Waals surface area (Å²) in [4.78, 5) is 15.5. The molecular formula is C16H21N3O. The lowest BCUT2D eigenvalue weighted by atomic mass is 10.0. The van der Waals surface area contributed by atoms with Gasteiger partial charge in [0.25, 0.3) is 5.91 Å². The lowest BCUT2D eigenvalue weighted by molar-refractivity contribution is 0.0929. The highest BCUT2D eigenvalue weighted by atomic mass is 16.1. The summed E-state index contributed by atoms with van der Waals surface area (Å²) in [5.41, 5.74) is 7.91. The van der Waals surface area contributed by atoms with Gasteiger partial charge in [0.05, 0.1) is 0 Å². The van der Waals surface area contributed by atoms with E-state index in [1.807, 2.05) is 30.5 Å². The maximum absolute atomic E-state index is 12.4. The Labute approximate surface area is 118 Å². The number of nitrogens with one attached hydrogen (secondary N) is 2. The maximum atomic E-state index is 12.4. The summed E-state index contributed by atoms with van der Waals surface area (Å²) in [6.07, 6.45) is 7.41. The minimum Gasteiger partial charge on any atom is -0.361 e. The van der Waals surface area contributed by atoms with Gasteiger partial charge >= 0.3 is 0 Å². The molecule has 2 unspecified atom stereocenters. The summed E-state index contributed by atoms with van der Waals surface area (Å²) < 4.78 is 0. The minimum absolute atomic E-state index is 0.0181. The number of H-pyrrole nitrogens is 1. The van der Waals surface area contributed by atoms with E-state index in [1.165, 1.54) is 12.8 Å². The average molecular weight is 271 g/mol. The molecule has 0 radical (unpaired) electrons. The van der Waals surface area contributed by atoms with Crippen LogP contribution in [0.3, 0.4) is 0 Å². The topological polar surface area (TPSA) is 70.9 Å². The normalized spacial score (nSPS) is 23.4. The first-order chi connectivity index (χ1) is 9.74. The van der Waals surface area contributed by atoms with Crippen LogP contribution in [0.1, 0.15) is 42.5 Å². The van der Waals surface area contributed by atoms with E-state index in [1.54, 1.807) is 0 Å². The Morgan fingerprint density at radius 1 is 1.20 bits per heavy atom. The molecule has 0 aliphatic heterocycles. The molecule has 1 saturated carbocycles.